The Kier molecular flexibility index (Phi) is 7.13. The monoisotopic (exact) mass is 476 g/mol. The van der Waals surface area contributed by atoms with Crippen molar-refractivity contribution in [1.29, 1.82) is 0 Å². The number of benzene rings is 2. The number of ketones is 1. The van der Waals surface area contributed by atoms with Gasteiger partial charge in [-0.15, -0.1) is 4.31 Å². The third-order valence-corrected chi connectivity index (χ3v) is 8.23. The SMILES string of the molecule is C[C@H]1C(=O)C[C@H](c2ccccc2)[S+]([O-])N1Cc1cc(F)c(CCN2CC[C@H](O)C2=O)cc1F. The number of nitrogens with zero attached hydrogens (tertiary/aromatic N) is 2. The molecule has 1 amide bonds. The Morgan fingerprint density at radius 1 is 1.12 bits per heavy atom. The lowest BCUT2D eigenvalue weighted by Crippen LogP contribution is -2.50. The van der Waals surface area contributed by atoms with Crippen molar-refractivity contribution in [3.8, 4) is 0 Å². The molecule has 0 radical (unpaired) electrons. The molecule has 0 aromatic heterocycles. The molecule has 2 aliphatic heterocycles. The summed E-state index contributed by atoms with van der Waals surface area (Å²) in [5.41, 5.74) is 0.909. The minimum absolute atomic E-state index is 0.0191. The first-order valence-electron chi connectivity index (χ1n) is 10.9. The fourth-order valence-corrected chi connectivity index (χ4v) is 6.04. The van der Waals surface area contributed by atoms with E-state index >= 15 is 0 Å². The van der Waals surface area contributed by atoms with Gasteiger partial charge >= 0.3 is 0 Å². The topological polar surface area (TPSA) is 83.9 Å². The molecule has 33 heavy (non-hydrogen) atoms. The molecular formula is C24H26F2N2O4S. The Hall–Kier alpha value is -2.33. The second kappa shape index (κ2) is 9.89. The average Bonchev–Trinajstić information content (AvgIpc) is 3.12. The number of likely N-dealkylation sites (tertiary alicyclic amines) is 1. The summed E-state index contributed by atoms with van der Waals surface area (Å²) >= 11 is -1.60. The van der Waals surface area contributed by atoms with Crippen LogP contribution in [0.4, 0.5) is 8.78 Å². The summed E-state index contributed by atoms with van der Waals surface area (Å²) in [6.45, 7) is 2.04. The third kappa shape index (κ3) is 4.96. The number of halogens is 2. The highest BCUT2D eigenvalue weighted by molar-refractivity contribution is 7.89. The molecule has 2 fully saturated rings. The van der Waals surface area contributed by atoms with Gasteiger partial charge in [0.1, 0.15) is 23.8 Å². The van der Waals surface area contributed by atoms with Crippen LogP contribution in [-0.2, 0) is 33.9 Å². The largest absolute Gasteiger partial charge is 0.597 e. The van der Waals surface area contributed by atoms with E-state index < -0.39 is 46.3 Å². The van der Waals surface area contributed by atoms with Gasteiger partial charge in [0.25, 0.3) is 5.91 Å². The molecule has 0 spiro atoms. The van der Waals surface area contributed by atoms with Crippen molar-refractivity contribution < 1.29 is 28.0 Å². The second-order valence-electron chi connectivity index (χ2n) is 8.51. The fourth-order valence-electron chi connectivity index (χ4n) is 4.32. The van der Waals surface area contributed by atoms with E-state index in [4.69, 9.17) is 0 Å². The molecule has 176 valence electrons. The normalized spacial score (nSPS) is 26.3. The Morgan fingerprint density at radius 2 is 1.79 bits per heavy atom. The van der Waals surface area contributed by atoms with Gasteiger partial charge in [0.2, 0.25) is 0 Å². The predicted octanol–water partition coefficient (Wildman–Crippen LogP) is 2.67. The van der Waals surface area contributed by atoms with E-state index in [2.05, 4.69) is 0 Å². The lowest BCUT2D eigenvalue weighted by atomic mass is 10.0. The zero-order valence-corrected chi connectivity index (χ0v) is 19.1. The van der Waals surface area contributed by atoms with Crippen molar-refractivity contribution in [1.82, 2.24) is 9.21 Å². The highest BCUT2D eigenvalue weighted by atomic mass is 32.2. The molecular weight excluding hydrogens is 450 g/mol. The van der Waals surface area contributed by atoms with Crippen LogP contribution in [0.25, 0.3) is 0 Å². The van der Waals surface area contributed by atoms with Crippen LogP contribution in [0.3, 0.4) is 0 Å². The molecule has 0 saturated carbocycles. The van der Waals surface area contributed by atoms with Gasteiger partial charge in [0.05, 0.1) is 13.0 Å². The van der Waals surface area contributed by atoms with E-state index in [1.807, 2.05) is 30.3 Å². The molecule has 2 aliphatic rings. The molecule has 2 saturated heterocycles. The summed E-state index contributed by atoms with van der Waals surface area (Å²) in [7, 11) is 0. The number of carbonyl (C=O) groups excluding carboxylic acids is 2. The van der Waals surface area contributed by atoms with Crippen molar-refractivity contribution in [3.05, 3.63) is 70.8 Å². The average molecular weight is 477 g/mol. The van der Waals surface area contributed by atoms with Crippen LogP contribution in [0.5, 0.6) is 0 Å². The van der Waals surface area contributed by atoms with E-state index in [1.54, 1.807) is 6.92 Å². The van der Waals surface area contributed by atoms with Gasteiger partial charge in [-0.05, 0) is 37.5 Å². The maximum absolute atomic E-state index is 14.9. The molecule has 6 nitrogen and oxygen atoms in total. The van der Waals surface area contributed by atoms with E-state index in [9.17, 15) is 28.0 Å². The molecule has 4 rings (SSSR count). The molecule has 1 N–H and O–H groups in total. The Bertz CT molecular complexity index is 1040. The van der Waals surface area contributed by atoms with Crippen LogP contribution in [0.1, 0.15) is 41.7 Å². The fraction of sp³-hybridized carbons (Fsp3) is 0.417. The van der Waals surface area contributed by atoms with Crippen molar-refractivity contribution in [2.75, 3.05) is 13.1 Å². The van der Waals surface area contributed by atoms with Gasteiger partial charge in [-0.1, -0.05) is 30.3 Å². The first-order valence-corrected chi connectivity index (χ1v) is 12.1. The van der Waals surface area contributed by atoms with Gasteiger partial charge in [-0.2, -0.15) is 0 Å². The molecule has 4 atom stereocenters. The molecule has 0 bridgehead atoms. The van der Waals surface area contributed by atoms with Crippen LogP contribution >= 0.6 is 0 Å². The third-order valence-electron chi connectivity index (χ3n) is 6.39. The van der Waals surface area contributed by atoms with Gasteiger partial charge in [-0.3, -0.25) is 9.59 Å². The van der Waals surface area contributed by atoms with Crippen LogP contribution < -0.4 is 0 Å². The lowest BCUT2D eigenvalue weighted by molar-refractivity contribution is -0.134. The van der Waals surface area contributed by atoms with Crippen molar-refractivity contribution in [2.45, 2.75) is 50.1 Å². The number of aliphatic hydroxyl groups is 1. The molecule has 2 aromatic rings. The number of hydrogen-bond acceptors (Lipinski definition) is 5. The maximum atomic E-state index is 14.9. The maximum Gasteiger partial charge on any atom is 0.251 e. The molecule has 2 heterocycles. The standard InChI is InChI=1S/C24H26F2N2O4S/c1-15-22(30)13-23(16-5-3-2-4-6-16)33(32)28(15)14-18-12-19(25)17(11-20(18)26)7-9-27-10-8-21(29)24(27)31/h2-6,11-12,15,21,23,29H,7-10,13-14H2,1H3/t15-,21-,23+,33?/m0/s1. The highest BCUT2D eigenvalue weighted by Crippen LogP contribution is 2.36. The molecule has 0 aliphatic carbocycles. The molecule has 2 aromatic carbocycles. The number of carbonyl (C=O) groups is 2. The van der Waals surface area contributed by atoms with Crippen LogP contribution in [0.15, 0.2) is 42.5 Å². The number of hydrogen-bond donors (Lipinski definition) is 1. The van der Waals surface area contributed by atoms with Gasteiger partial charge < -0.3 is 14.6 Å². The Morgan fingerprint density at radius 3 is 2.45 bits per heavy atom. The van der Waals surface area contributed by atoms with Crippen molar-refractivity contribution >= 4 is 23.1 Å². The predicted molar refractivity (Wildman–Crippen MR) is 119 cm³/mol. The number of rotatable bonds is 6. The summed E-state index contributed by atoms with van der Waals surface area (Å²) < 4.78 is 44.4. The van der Waals surface area contributed by atoms with Crippen LogP contribution in [0, 0.1) is 11.6 Å². The first kappa shape index (κ1) is 23.8. The quantitative estimate of drug-likeness (QED) is 0.648. The van der Waals surface area contributed by atoms with Gasteiger partial charge in [-0.25, -0.2) is 8.78 Å². The van der Waals surface area contributed by atoms with Gasteiger partial charge in [0, 0.05) is 35.6 Å². The summed E-state index contributed by atoms with van der Waals surface area (Å²) in [4.78, 5) is 25.8. The Labute approximate surface area is 194 Å². The molecule has 1 unspecified atom stereocenters. The lowest BCUT2D eigenvalue weighted by Gasteiger charge is -2.37. The van der Waals surface area contributed by atoms with Crippen molar-refractivity contribution in [2.24, 2.45) is 0 Å². The van der Waals surface area contributed by atoms with E-state index in [0.717, 1.165) is 17.7 Å². The molecule has 9 heteroatoms. The Balaban J connectivity index is 1.50. The minimum Gasteiger partial charge on any atom is -0.597 e. The summed E-state index contributed by atoms with van der Waals surface area (Å²) in [5, 5.41) is 9.00. The first-order chi connectivity index (χ1) is 15.8. The van der Waals surface area contributed by atoms with Crippen LogP contribution in [-0.4, -0.2) is 55.8 Å². The summed E-state index contributed by atoms with van der Waals surface area (Å²) in [5.74, 6) is -1.78. The summed E-state index contributed by atoms with van der Waals surface area (Å²) in [6, 6.07) is 10.6. The zero-order chi connectivity index (χ0) is 23.7. The second-order valence-corrected chi connectivity index (χ2v) is 10.1. The number of Topliss-reactive ketones (excluding diaryl/α,β-unsaturated/α-hetero) is 1. The highest BCUT2D eigenvalue weighted by Gasteiger charge is 2.44. The van der Waals surface area contributed by atoms with E-state index in [1.165, 1.54) is 9.21 Å². The summed E-state index contributed by atoms with van der Waals surface area (Å²) in [6.07, 6.45) is -0.442. The smallest absolute Gasteiger partial charge is 0.251 e. The van der Waals surface area contributed by atoms with E-state index in [0.29, 0.717) is 13.0 Å². The van der Waals surface area contributed by atoms with Gasteiger partial charge in [0.15, 0.2) is 11.0 Å². The van der Waals surface area contributed by atoms with Crippen LogP contribution in [0.2, 0.25) is 0 Å². The minimum atomic E-state index is -1.60. The number of amides is 1. The zero-order valence-electron chi connectivity index (χ0n) is 18.2. The number of aliphatic hydroxyl groups excluding tert-OH is 1. The van der Waals surface area contributed by atoms with Crippen molar-refractivity contribution in [3.63, 3.8) is 0 Å². The van der Waals surface area contributed by atoms with E-state index in [-0.39, 0.29) is 42.8 Å².